The maximum Gasteiger partial charge on any atom is 0.314 e. The van der Waals surface area contributed by atoms with Gasteiger partial charge in [-0.3, -0.25) is 57.6 Å². The normalized spacial score (nSPS) is 24.1. The molecule has 35 heteroatoms. The molecule has 0 aromatic rings. The Morgan fingerprint density at radius 1 is 0.511 bits per heavy atom. The molecule has 5 saturated heterocycles. The van der Waals surface area contributed by atoms with E-state index in [0.717, 1.165) is 14.7 Å². The zero-order valence-corrected chi connectivity index (χ0v) is 58.0. The van der Waals surface area contributed by atoms with Crippen molar-refractivity contribution in [3.8, 4) is 0 Å². The molecule has 534 valence electrons. The lowest BCUT2D eigenvalue weighted by Crippen LogP contribution is -2.68. The van der Waals surface area contributed by atoms with Crippen LogP contribution in [-0.4, -0.2) is 296 Å². The van der Waals surface area contributed by atoms with Crippen molar-refractivity contribution >= 4 is 108 Å². The lowest BCUT2D eigenvalue weighted by molar-refractivity contribution is -0.184. The Kier molecular flexibility index (Phi) is 31.8. The molecule has 10 atom stereocenters. The summed E-state index contributed by atoms with van der Waals surface area (Å²) < 4.78 is 33.1. The van der Waals surface area contributed by atoms with Crippen LogP contribution in [0.1, 0.15) is 113 Å². The fraction of sp³-hybridized carbons (Fsp3) is 0.814. The van der Waals surface area contributed by atoms with E-state index >= 15 is 0 Å². The van der Waals surface area contributed by atoms with Gasteiger partial charge in [-0.05, 0) is 81.1 Å². The number of rotatable bonds is 43. The van der Waals surface area contributed by atoms with Crippen molar-refractivity contribution in [2.45, 2.75) is 184 Å². The van der Waals surface area contributed by atoms with Gasteiger partial charge in [-0.1, -0.05) is 43.2 Å². The minimum Gasteiger partial charge on any atom is -0.463 e. The van der Waals surface area contributed by atoms with E-state index in [1.54, 1.807) is 49.3 Å². The third kappa shape index (κ3) is 23.8. The molecule has 5 fully saturated rings. The molecule has 10 N–H and O–H groups in total. The molecule has 5 aliphatic heterocycles. The van der Waals surface area contributed by atoms with E-state index in [-0.39, 0.29) is 157 Å². The number of nitrogens with one attached hydrogen (secondary N) is 4. The average Bonchev–Trinajstić information content (AvgIpc) is 1.55. The van der Waals surface area contributed by atoms with Crippen LogP contribution in [-0.2, 0) is 81.2 Å². The Labute approximate surface area is 563 Å². The molecule has 5 rings (SSSR count). The van der Waals surface area contributed by atoms with Gasteiger partial charge in [0.2, 0.25) is 29.5 Å². The monoisotopic (exact) mass is 1410 g/mol. The van der Waals surface area contributed by atoms with Gasteiger partial charge in [0.05, 0.1) is 75.8 Å². The van der Waals surface area contributed by atoms with Gasteiger partial charge in [-0.15, -0.1) is 0 Å². The summed E-state index contributed by atoms with van der Waals surface area (Å²) in [5.74, 6) is -5.37. The van der Waals surface area contributed by atoms with Crippen LogP contribution >= 0.6 is 43.2 Å². The van der Waals surface area contributed by atoms with E-state index in [0.29, 0.717) is 37.2 Å². The maximum atomic E-state index is 13.3. The van der Waals surface area contributed by atoms with E-state index in [1.165, 1.54) is 26.5 Å². The molecule has 0 aliphatic carbocycles. The van der Waals surface area contributed by atoms with E-state index in [9.17, 15) is 83.4 Å². The highest BCUT2D eigenvalue weighted by molar-refractivity contribution is 8.77. The number of piperidine rings is 2. The van der Waals surface area contributed by atoms with Crippen molar-refractivity contribution in [1.82, 2.24) is 40.9 Å². The second-order valence-electron chi connectivity index (χ2n) is 25.9. The van der Waals surface area contributed by atoms with Crippen molar-refractivity contribution in [1.29, 1.82) is 0 Å². The van der Waals surface area contributed by atoms with Crippen molar-refractivity contribution in [2.24, 2.45) is 10.8 Å². The largest absolute Gasteiger partial charge is 0.463 e. The second-order valence-corrected chi connectivity index (χ2v) is 32.1. The summed E-state index contributed by atoms with van der Waals surface area (Å²) in [6.07, 6.45) is -9.84. The first-order valence-electron chi connectivity index (χ1n) is 31.5. The number of hydrogen-bond acceptors (Lipinski definition) is 27. The number of esters is 2. The van der Waals surface area contributed by atoms with Crippen LogP contribution in [0.2, 0.25) is 0 Å². The fourth-order valence-electron chi connectivity index (χ4n) is 10.3. The van der Waals surface area contributed by atoms with E-state index < -0.39 is 121 Å². The first-order chi connectivity index (χ1) is 44.2. The molecular weight excluding hydrogens is 1320 g/mol. The summed E-state index contributed by atoms with van der Waals surface area (Å²) in [6, 6.07) is -2.51. The molecule has 0 radical (unpaired) electrons. The highest BCUT2D eigenvalue weighted by Gasteiger charge is 2.57. The molecular formula is C59H96N8O23S4. The van der Waals surface area contributed by atoms with Crippen LogP contribution < -0.4 is 21.3 Å². The number of imide groups is 1. The number of aliphatic hydroxyl groups is 6. The highest BCUT2D eigenvalue weighted by Crippen LogP contribution is 2.42. The molecule has 0 bridgehead atoms. The first kappa shape index (κ1) is 80.1. The van der Waals surface area contributed by atoms with Crippen molar-refractivity contribution in [2.75, 3.05) is 110 Å². The molecule has 0 aromatic carbocycles. The predicted molar refractivity (Wildman–Crippen MR) is 343 cm³/mol. The quantitative estimate of drug-likeness (QED) is 0.0103. The molecule has 5 heterocycles. The number of fused-ring (bicyclic) bond motifs is 2. The Hall–Kier alpha value is -4.63. The van der Waals surface area contributed by atoms with E-state index in [4.69, 9.17) is 28.4 Å². The highest BCUT2D eigenvalue weighted by atomic mass is 33.1. The predicted octanol–water partition coefficient (Wildman–Crippen LogP) is -2.05. The van der Waals surface area contributed by atoms with Crippen LogP contribution in [0.5, 0.6) is 0 Å². The lowest BCUT2D eigenvalue weighted by atomic mass is 9.90. The van der Waals surface area contributed by atoms with Gasteiger partial charge in [-0.2, -0.15) is 0 Å². The number of aliphatic hydroxyl groups excluding tert-OH is 6. The number of amides is 9. The van der Waals surface area contributed by atoms with Crippen LogP contribution in [0.4, 0.5) is 0 Å². The smallest absolute Gasteiger partial charge is 0.314 e. The van der Waals surface area contributed by atoms with E-state index in [1.807, 2.05) is 27.7 Å². The SMILES string of the molecule is CC(C)(CCC(=O)NCCOCCOCCN(CCOCCOCCNC(=O)CCC(C)(C)SSCCC(C)(C)C(=O)OCC1[C@H](O)[C@@H](O)[C@@H](O)[C@@H]2NC(=O)C(=O)N12)C(=O)CCN1C(=O)CCC1=O)SSCCC(C)(C)C(=O)OCC1[C@@H](O)[C@H](O)[C@H](O)[C@H]2NC(=O)C(=O)N12. The Bertz CT molecular complexity index is 2470. The molecule has 0 aromatic heterocycles. The van der Waals surface area contributed by atoms with Crippen LogP contribution in [0.3, 0.4) is 0 Å². The van der Waals surface area contributed by atoms with Crippen LogP contribution in [0, 0.1) is 10.8 Å². The van der Waals surface area contributed by atoms with Crippen LogP contribution in [0.25, 0.3) is 0 Å². The van der Waals surface area contributed by atoms with E-state index in [2.05, 4.69) is 21.3 Å². The number of carbonyl (C=O) groups excluding carboxylic acids is 11. The van der Waals surface area contributed by atoms with Gasteiger partial charge in [0.25, 0.3) is 0 Å². The third-order valence-corrected chi connectivity index (χ3v) is 23.2. The summed E-state index contributed by atoms with van der Waals surface area (Å²) in [5.41, 5.74) is -1.94. The van der Waals surface area contributed by atoms with Gasteiger partial charge in [0, 0.05) is 85.8 Å². The van der Waals surface area contributed by atoms with Crippen molar-refractivity contribution in [3.05, 3.63) is 0 Å². The van der Waals surface area contributed by atoms with Crippen molar-refractivity contribution in [3.63, 3.8) is 0 Å². The lowest BCUT2D eigenvalue weighted by Gasteiger charge is -2.44. The molecule has 94 heavy (non-hydrogen) atoms. The minimum atomic E-state index is -1.68. The van der Waals surface area contributed by atoms with Gasteiger partial charge >= 0.3 is 35.6 Å². The summed E-state index contributed by atoms with van der Waals surface area (Å²) in [6.45, 7) is 16.4. The molecule has 5 aliphatic rings. The Morgan fingerprint density at radius 2 is 0.883 bits per heavy atom. The molecule has 31 nitrogen and oxygen atoms in total. The standard InChI is InChI=1S/C59H96N8O23S4/c1-56(2,54(83)89-33-35-42(73)44(75)46(77)48-62-50(79)52(81)66(35)48)16-31-91-93-58(5,6)14-11-37(68)60-18-23-85-27-29-87-25-21-64(39(70)13-20-65-40(71)9-10-41(65)72)22-26-88-30-28-86-24-19-61-38(69)12-15-59(7,8)94-92-32-17-57(3,4)55(84)90-34-36-43(74)45(76)47(78)49-63-51(80)53(82)67(36)49/h35-36,42-49,73-78H,9-34H2,1-8H3,(H,60,68)(H,61,69)(H,62,79)(H,63,80)/t35?,36?,42-,43+,44+,45-,46+,47-,48+,49-. The molecule has 0 spiro atoms. The zero-order valence-electron chi connectivity index (χ0n) is 54.7. The van der Waals surface area contributed by atoms with Crippen molar-refractivity contribution < 1.29 is 112 Å². The van der Waals surface area contributed by atoms with Gasteiger partial charge in [0.15, 0.2) is 0 Å². The average molecular weight is 1410 g/mol. The summed E-state index contributed by atoms with van der Waals surface area (Å²) in [4.78, 5) is 142. The number of likely N-dealkylation sites (tertiary alicyclic amines) is 1. The molecule has 0 saturated carbocycles. The maximum absolute atomic E-state index is 13.3. The molecule has 9 amide bonds. The van der Waals surface area contributed by atoms with Gasteiger partial charge in [-0.25, -0.2) is 0 Å². The summed E-state index contributed by atoms with van der Waals surface area (Å²) >= 11 is 0. The minimum absolute atomic E-state index is 0.0247. The fourth-order valence-corrected chi connectivity index (χ4v) is 16.0. The first-order valence-corrected chi connectivity index (χ1v) is 36.1. The third-order valence-electron chi connectivity index (χ3n) is 16.5. The summed E-state index contributed by atoms with van der Waals surface area (Å²) in [7, 11) is 6.22. The van der Waals surface area contributed by atoms with Crippen LogP contribution in [0.15, 0.2) is 0 Å². The zero-order chi connectivity index (χ0) is 69.7. The second kappa shape index (κ2) is 37.4. The van der Waals surface area contributed by atoms with Gasteiger partial charge in [0.1, 0.15) is 62.2 Å². The summed E-state index contributed by atoms with van der Waals surface area (Å²) in [5, 5.41) is 72.5. The number of carbonyl (C=O) groups is 11. The topological polar surface area (TPSA) is 426 Å². The number of hydrogen-bond donors (Lipinski definition) is 10. The molecule has 2 unspecified atom stereocenters. The number of nitrogens with zero attached hydrogens (tertiary/aromatic N) is 4. The van der Waals surface area contributed by atoms with Gasteiger partial charge < -0.3 is 95.0 Å². The Balaban J connectivity index is 0.870. The Morgan fingerprint density at radius 3 is 1.27 bits per heavy atom. The number of ether oxygens (including phenoxy) is 6.